The molecule has 0 saturated heterocycles. The number of benzene rings is 6. The van der Waals surface area contributed by atoms with Gasteiger partial charge in [-0.25, -0.2) is 13.8 Å². The van der Waals surface area contributed by atoms with Crippen LogP contribution in [-0.4, -0.2) is 14.4 Å². The van der Waals surface area contributed by atoms with Gasteiger partial charge in [0.15, 0.2) is 0 Å². The van der Waals surface area contributed by atoms with Crippen LogP contribution in [0.5, 0.6) is 0 Å². The SMILES string of the molecule is Fc1ccc(-c2ccc3c(-c4cccc(Cc5ccc6c7cccc8c9cc(-c%10ccc(F)cc%10)cnc9n(c6c5)c78)c4)nccc3c2)cc1. The van der Waals surface area contributed by atoms with Crippen LogP contribution >= 0.6 is 0 Å². The lowest BCUT2D eigenvalue weighted by Gasteiger charge is -2.10. The van der Waals surface area contributed by atoms with E-state index in [-0.39, 0.29) is 11.6 Å². The van der Waals surface area contributed by atoms with Gasteiger partial charge in [0.2, 0.25) is 0 Å². The number of aromatic nitrogens is 3. The first-order valence-corrected chi connectivity index (χ1v) is 16.6. The van der Waals surface area contributed by atoms with Crippen LogP contribution in [0.2, 0.25) is 0 Å². The Morgan fingerprint density at radius 1 is 0.480 bits per heavy atom. The lowest BCUT2D eigenvalue weighted by Crippen LogP contribution is -1.92. The zero-order chi connectivity index (χ0) is 33.3. The fourth-order valence-electron chi connectivity index (χ4n) is 7.59. The Labute approximate surface area is 286 Å². The van der Waals surface area contributed by atoms with Gasteiger partial charge in [-0.1, -0.05) is 84.9 Å². The predicted molar refractivity (Wildman–Crippen MR) is 200 cm³/mol. The van der Waals surface area contributed by atoms with Crippen LogP contribution in [0.15, 0.2) is 152 Å². The third kappa shape index (κ3) is 4.55. The standard InChI is InChI=1S/C45H27F2N3/c46-35-13-8-29(9-14-35)31-12-18-37-32(24-31)19-20-48-43(37)33-4-1-3-27(22-33)21-28-7-17-38-39-5-2-6-40-41-25-34(30-10-15-36(47)16-11-30)26-49-45(41)50(44(39)40)42(38)23-28/h1-20,22-26H,21H2. The van der Waals surface area contributed by atoms with Crippen molar-refractivity contribution in [3.63, 3.8) is 0 Å². The molecule has 0 atom stereocenters. The molecule has 0 spiro atoms. The second kappa shape index (κ2) is 11.0. The highest BCUT2D eigenvalue weighted by Crippen LogP contribution is 2.40. The summed E-state index contributed by atoms with van der Waals surface area (Å²) in [5.74, 6) is -0.489. The van der Waals surface area contributed by atoms with E-state index in [1.807, 2.05) is 30.6 Å². The summed E-state index contributed by atoms with van der Waals surface area (Å²) >= 11 is 0. The molecular formula is C45H27F2N3. The highest BCUT2D eigenvalue weighted by Gasteiger charge is 2.19. The summed E-state index contributed by atoms with van der Waals surface area (Å²) in [5, 5.41) is 6.81. The van der Waals surface area contributed by atoms with E-state index < -0.39 is 0 Å². The maximum atomic E-state index is 13.6. The number of pyridine rings is 2. The van der Waals surface area contributed by atoms with Gasteiger partial charge in [-0.15, -0.1) is 0 Å². The topological polar surface area (TPSA) is 30.2 Å². The molecule has 0 aliphatic carbocycles. The van der Waals surface area contributed by atoms with Crippen molar-refractivity contribution >= 4 is 49.0 Å². The molecule has 0 saturated carbocycles. The summed E-state index contributed by atoms with van der Waals surface area (Å²) in [6.45, 7) is 0. The summed E-state index contributed by atoms with van der Waals surface area (Å²) in [6, 6.07) is 45.6. The fraction of sp³-hybridized carbons (Fsp3) is 0.0222. The van der Waals surface area contributed by atoms with Gasteiger partial charge in [-0.05, 0) is 94.2 Å². The van der Waals surface area contributed by atoms with E-state index in [0.29, 0.717) is 0 Å². The molecule has 3 nitrogen and oxygen atoms in total. The molecule has 0 N–H and O–H groups in total. The molecule has 236 valence electrons. The van der Waals surface area contributed by atoms with Crippen molar-refractivity contribution in [2.24, 2.45) is 0 Å². The molecular weight excluding hydrogens is 621 g/mol. The Bertz CT molecular complexity index is 2910. The smallest absolute Gasteiger partial charge is 0.145 e. The summed E-state index contributed by atoms with van der Waals surface area (Å²) in [6.07, 6.45) is 4.51. The lowest BCUT2D eigenvalue weighted by atomic mass is 9.96. The summed E-state index contributed by atoms with van der Waals surface area (Å²) in [4.78, 5) is 9.78. The number of hydrogen-bond donors (Lipinski definition) is 0. The monoisotopic (exact) mass is 647 g/mol. The Hall–Kier alpha value is -6.46. The summed E-state index contributed by atoms with van der Waals surface area (Å²) < 4.78 is 29.4. The van der Waals surface area contributed by atoms with Crippen LogP contribution in [0.25, 0.3) is 82.5 Å². The zero-order valence-corrected chi connectivity index (χ0v) is 26.7. The van der Waals surface area contributed by atoms with Crippen molar-refractivity contribution in [2.75, 3.05) is 0 Å². The zero-order valence-electron chi connectivity index (χ0n) is 26.7. The lowest BCUT2D eigenvalue weighted by molar-refractivity contribution is 0.627. The van der Waals surface area contributed by atoms with Crippen molar-refractivity contribution in [1.29, 1.82) is 0 Å². The molecule has 6 aromatic carbocycles. The Kier molecular flexibility index (Phi) is 6.30. The number of halogens is 2. The van der Waals surface area contributed by atoms with E-state index in [4.69, 9.17) is 9.97 Å². The largest absolute Gasteiger partial charge is 0.293 e. The molecule has 4 aromatic heterocycles. The van der Waals surface area contributed by atoms with E-state index in [9.17, 15) is 8.78 Å². The molecule has 50 heavy (non-hydrogen) atoms. The maximum absolute atomic E-state index is 13.6. The number of hydrogen-bond acceptors (Lipinski definition) is 2. The molecule has 10 aromatic rings. The van der Waals surface area contributed by atoms with Crippen molar-refractivity contribution in [3.8, 4) is 33.5 Å². The van der Waals surface area contributed by atoms with E-state index in [2.05, 4.69) is 89.3 Å². The van der Waals surface area contributed by atoms with Gasteiger partial charge >= 0.3 is 0 Å². The van der Waals surface area contributed by atoms with Gasteiger partial charge < -0.3 is 0 Å². The van der Waals surface area contributed by atoms with Gasteiger partial charge in [-0.3, -0.25) is 9.38 Å². The van der Waals surface area contributed by atoms with Crippen molar-refractivity contribution in [1.82, 2.24) is 14.4 Å². The van der Waals surface area contributed by atoms with Crippen LogP contribution in [0.1, 0.15) is 11.1 Å². The third-order valence-corrected chi connectivity index (χ3v) is 9.95. The average Bonchev–Trinajstić information content (AvgIpc) is 3.67. The molecule has 0 unspecified atom stereocenters. The summed E-state index contributed by atoms with van der Waals surface area (Å²) in [5.41, 5.74) is 11.6. The molecule has 5 heteroatoms. The van der Waals surface area contributed by atoms with E-state index in [1.54, 1.807) is 12.1 Å². The fourth-order valence-corrected chi connectivity index (χ4v) is 7.59. The van der Waals surface area contributed by atoms with Gasteiger partial charge in [0.05, 0.1) is 16.7 Å². The first-order chi connectivity index (χ1) is 24.6. The van der Waals surface area contributed by atoms with Crippen LogP contribution in [0, 0.1) is 11.6 Å². The minimum Gasteiger partial charge on any atom is -0.293 e. The normalized spacial score (nSPS) is 11.9. The molecule has 10 rings (SSSR count). The van der Waals surface area contributed by atoms with Gasteiger partial charge in [0, 0.05) is 50.5 Å². The number of fused-ring (bicyclic) bond motifs is 7. The first kappa shape index (κ1) is 28.5. The minimum absolute atomic E-state index is 0.239. The molecule has 0 aliphatic heterocycles. The van der Waals surface area contributed by atoms with Crippen molar-refractivity contribution in [3.05, 3.63) is 175 Å². The van der Waals surface area contributed by atoms with Crippen LogP contribution in [0.4, 0.5) is 8.78 Å². The minimum atomic E-state index is -0.249. The predicted octanol–water partition coefficient (Wildman–Crippen LogP) is 11.6. The molecule has 0 amide bonds. The summed E-state index contributed by atoms with van der Waals surface area (Å²) in [7, 11) is 0. The van der Waals surface area contributed by atoms with E-state index in [0.717, 1.165) is 72.6 Å². The first-order valence-electron chi connectivity index (χ1n) is 16.6. The molecule has 0 bridgehead atoms. The van der Waals surface area contributed by atoms with Gasteiger partial charge in [0.25, 0.3) is 0 Å². The van der Waals surface area contributed by atoms with E-state index in [1.165, 1.54) is 51.7 Å². The molecule has 0 radical (unpaired) electrons. The van der Waals surface area contributed by atoms with Crippen LogP contribution in [-0.2, 0) is 6.42 Å². The van der Waals surface area contributed by atoms with E-state index >= 15 is 0 Å². The number of rotatable bonds is 5. The molecule has 4 heterocycles. The van der Waals surface area contributed by atoms with Gasteiger partial charge in [-0.2, -0.15) is 0 Å². The van der Waals surface area contributed by atoms with Crippen LogP contribution < -0.4 is 0 Å². The second-order valence-electron chi connectivity index (χ2n) is 13.0. The highest BCUT2D eigenvalue weighted by atomic mass is 19.1. The third-order valence-electron chi connectivity index (χ3n) is 9.95. The maximum Gasteiger partial charge on any atom is 0.145 e. The molecule has 0 fully saturated rings. The highest BCUT2D eigenvalue weighted by molar-refractivity contribution is 6.23. The number of para-hydroxylation sites is 1. The van der Waals surface area contributed by atoms with Crippen molar-refractivity contribution < 1.29 is 8.78 Å². The van der Waals surface area contributed by atoms with Crippen LogP contribution in [0.3, 0.4) is 0 Å². The Morgan fingerprint density at radius 3 is 1.96 bits per heavy atom. The Morgan fingerprint density at radius 2 is 1.16 bits per heavy atom. The molecule has 0 aliphatic rings. The van der Waals surface area contributed by atoms with Gasteiger partial charge in [0.1, 0.15) is 17.3 Å². The number of nitrogens with zero attached hydrogens (tertiary/aromatic N) is 3. The van der Waals surface area contributed by atoms with Crippen molar-refractivity contribution in [2.45, 2.75) is 6.42 Å². The quantitative estimate of drug-likeness (QED) is 0.186. The average molecular weight is 648 g/mol. The second-order valence-corrected chi connectivity index (χ2v) is 13.0. The Balaban J connectivity index is 1.03.